The van der Waals surface area contributed by atoms with Crippen LogP contribution in [0.1, 0.15) is 10.4 Å². The zero-order valence-corrected chi connectivity index (χ0v) is 13.1. The fourth-order valence-electron chi connectivity index (χ4n) is 1.72. The van der Waals surface area contributed by atoms with E-state index in [0.29, 0.717) is 10.8 Å². The summed E-state index contributed by atoms with van der Waals surface area (Å²) < 4.78 is 18.6. The molecule has 0 aliphatic carbocycles. The first-order valence-electron chi connectivity index (χ1n) is 6.34. The van der Waals surface area contributed by atoms with Crippen LogP contribution in [-0.2, 0) is 4.79 Å². The van der Waals surface area contributed by atoms with Crippen LogP contribution in [0.2, 0.25) is 10.0 Å². The van der Waals surface area contributed by atoms with E-state index in [-0.39, 0.29) is 22.9 Å². The van der Waals surface area contributed by atoms with Gasteiger partial charge in [0.15, 0.2) is 6.61 Å². The normalized spacial score (nSPS) is 10.2. The molecule has 0 atom stereocenters. The van der Waals surface area contributed by atoms with Gasteiger partial charge in [0.05, 0.1) is 10.6 Å². The van der Waals surface area contributed by atoms with Gasteiger partial charge in [0.25, 0.3) is 11.8 Å². The Bertz CT molecular complexity index is 768. The van der Waals surface area contributed by atoms with Crippen LogP contribution in [0.5, 0.6) is 5.75 Å². The third-order valence-corrected chi connectivity index (χ3v) is 3.30. The van der Waals surface area contributed by atoms with Crippen molar-refractivity contribution in [1.29, 1.82) is 0 Å². The highest BCUT2D eigenvalue weighted by Gasteiger charge is 2.11. The Balaban J connectivity index is 2.00. The molecule has 0 fully saturated rings. The van der Waals surface area contributed by atoms with E-state index >= 15 is 0 Å². The molecule has 0 heterocycles. The zero-order valence-electron chi connectivity index (χ0n) is 11.6. The molecule has 120 valence electrons. The summed E-state index contributed by atoms with van der Waals surface area (Å²) in [6, 6.07) is 8.06. The summed E-state index contributed by atoms with van der Waals surface area (Å²) in [5, 5.41) is 3.17. The molecule has 0 aliphatic rings. The van der Waals surface area contributed by atoms with E-state index in [9.17, 15) is 14.0 Å². The molecule has 5 nitrogen and oxygen atoms in total. The van der Waals surface area contributed by atoms with E-state index < -0.39 is 17.6 Å². The molecule has 0 radical (unpaired) electrons. The smallest absolute Gasteiger partial charge is 0.262 e. The second-order valence-electron chi connectivity index (χ2n) is 4.47. The minimum absolute atomic E-state index is 0.219. The second kappa shape index (κ2) is 7.30. The summed E-state index contributed by atoms with van der Waals surface area (Å²) in [5.41, 5.74) is 4.94. The van der Waals surface area contributed by atoms with Crippen molar-refractivity contribution >= 4 is 40.7 Å². The van der Waals surface area contributed by atoms with Crippen molar-refractivity contribution in [3.8, 4) is 5.75 Å². The number of hydrogen-bond acceptors (Lipinski definition) is 3. The lowest BCUT2D eigenvalue weighted by atomic mass is 10.2. The number of rotatable bonds is 5. The fraction of sp³-hybridized carbons (Fsp3) is 0.0667. The Morgan fingerprint density at radius 3 is 2.57 bits per heavy atom. The van der Waals surface area contributed by atoms with Crippen LogP contribution in [0, 0.1) is 5.82 Å². The lowest BCUT2D eigenvalue weighted by molar-refractivity contribution is -0.118. The minimum Gasteiger partial charge on any atom is -0.482 e. The van der Waals surface area contributed by atoms with Crippen LogP contribution >= 0.6 is 23.2 Å². The quantitative estimate of drug-likeness (QED) is 0.862. The number of nitrogens with one attached hydrogen (secondary N) is 1. The Kier molecular flexibility index (Phi) is 5.41. The number of hydrogen-bond donors (Lipinski definition) is 2. The molecule has 0 spiro atoms. The average Bonchev–Trinajstić information content (AvgIpc) is 2.48. The number of anilines is 1. The lowest BCUT2D eigenvalue weighted by Crippen LogP contribution is -2.21. The Labute approximate surface area is 141 Å². The third-order valence-electron chi connectivity index (χ3n) is 2.77. The van der Waals surface area contributed by atoms with Crippen LogP contribution in [0.4, 0.5) is 10.1 Å². The molecule has 3 N–H and O–H groups in total. The Morgan fingerprint density at radius 2 is 1.91 bits per heavy atom. The second-order valence-corrected chi connectivity index (χ2v) is 5.31. The average molecular weight is 357 g/mol. The van der Waals surface area contributed by atoms with Crippen LogP contribution < -0.4 is 15.8 Å². The van der Waals surface area contributed by atoms with E-state index in [1.807, 2.05) is 0 Å². The Hall–Kier alpha value is -2.31. The van der Waals surface area contributed by atoms with Gasteiger partial charge in [-0.2, -0.15) is 0 Å². The molecule has 2 rings (SSSR count). The van der Waals surface area contributed by atoms with Crippen molar-refractivity contribution in [2.75, 3.05) is 11.9 Å². The van der Waals surface area contributed by atoms with E-state index in [1.54, 1.807) is 6.07 Å². The summed E-state index contributed by atoms with van der Waals surface area (Å²) in [6.45, 7) is -0.329. The minimum atomic E-state index is -0.928. The van der Waals surface area contributed by atoms with Crippen molar-refractivity contribution in [2.24, 2.45) is 5.73 Å². The molecule has 2 aromatic carbocycles. The van der Waals surface area contributed by atoms with Gasteiger partial charge in [-0.3, -0.25) is 9.59 Å². The van der Waals surface area contributed by atoms with Gasteiger partial charge in [-0.05, 0) is 36.4 Å². The summed E-state index contributed by atoms with van der Waals surface area (Å²) in [7, 11) is 0. The van der Waals surface area contributed by atoms with Gasteiger partial charge in [0.2, 0.25) is 0 Å². The van der Waals surface area contributed by atoms with Crippen LogP contribution in [0.15, 0.2) is 36.4 Å². The van der Waals surface area contributed by atoms with Crippen molar-refractivity contribution in [1.82, 2.24) is 0 Å². The van der Waals surface area contributed by atoms with Crippen LogP contribution in [0.3, 0.4) is 0 Å². The number of primary amides is 1. The number of nitrogens with two attached hydrogens (primary N) is 1. The van der Waals surface area contributed by atoms with E-state index in [4.69, 9.17) is 33.7 Å². The summed E-state index contributed by atoms with van der Waals surface area (Å²) in [4.78, 5) is 22.9. The molecule has 0 unspecified atom stereocenters. The molecule has 0 aliphatic heterocycles. The monoisotopic (exact) mass is 356 g/mol. The molecule has 8 heteroatoms. The molecule has 2 amide bonds. The highest BCUT2D eigenvalue weighted by atomic mass is 35.5. The molecule has 0 saturated heterocycles. The third kappa shape index (κ3) is 4.58. The van der Waals surface area contributed by atoms with Crippen LogP contribution in [0.25, 0.3) is 0 Å². The summed E-state index contributed by atoms with van der Waals surface area (Å²) in [5.74, 6) is -1.91. The largest absolute Gasteiger partial charge is 0.482 e. The predicted molar refractivity (Wildman–Crippen MR) is 85.5 cm³/mol. The summed E-state index contributed by atoms with van der Waals surface area (Å²) >= 11 is 11.7. The molecule has 0 bridgehead atoms. The maximum Gasteiger partial charge on any atom is 0.262 e. The number of halogens is 3. The number of benzene rings is 2. The number of carbonyl (C=O) groups is 2. The van der Waals surface area contributed by atoms with Gasteiger partial charge in [-0.1, -0.05) is 23.2 Å². The predicted octanol–water partition coefficient (Wildman–Crippen LogP) is 3.25. The summed E-state index contributed by atoms with van der Waals surface area (Å²) in [6.07, 6.45) is 0. The van der Waals surface area contributed by atoms with E-state index in [0.717, 1.165) is 12.1 Å². The van der Waals surface area contributed by atoms with Crippen molar-refractivity contribution in [2.45, 2.75) is 0 Å². The fourth-order valence-corrected chi connectivity index (χ4v) is 2.19. The number of ether oxygens (including phenoxy) is 1. The molecule has 0 saturated carbocycles. The SMILES string of the molecule is NC(=O)c1cc(NC(=O)COc2ccc(Cl)cc2Cl)ccc1F. The van der Waals surface area contributed by atoms with Gasteiger partial charge in [-0.15, -0.1) is 0 Å². The molecular formula is C15H11Cl2FN2O3. The van der Waals surface area contributed by atoms with Gasteiger partial charge in [-0.25, -0.2) is 4.39 Å². The first-order chi connectivity index (χ1) is 10.9. The Morgan fingerprint density at radius 1 is 1.17 bits per heavy atom. The first kappa shape index (κ1) is 17.1. The highest BCUT2D eigenvalue weighted by molar-refractivity contribution is 6.35. The number of carbonyl (C=O) groups excluding carboxylic acids is 2. The molecule has 23 heavy (non-hydrogen) atoms. The van der Waals surface area contributed by atoms with Gasteiger partial charge in [0.1, 0.15) is 11.6 Å². The maximum atomic E-state index is 13.3. The van der Waals surface area contributed by atoms with Gasteiger partial charge in [0, 0.05) is 10.7 Å². The topological polar surface area (TPSA) is 81.4 Å². The zero-order chi connectivity index (χ0) is 17.0. The highest BCUT2D eigenvalue weighted by Crippen LogP contribution is 2.27. The van der Waals surface area contributed by atoms with Crippen molar-refractivity contribution in [3.05, 3.63) is 57.8 Å². The lowest BCUT2D eigenvalue weighted by Gasteiger charge is -2.09. The molecular weight excluding hydrogens is 346 g/mol. The van der Waals surface area contributed by atoms with E-state index in [1.165, 1.54) is 18.2 Å². The number of amides is 2. The van der Waals surface area contributed by atoms with Gasteiger partial charge >= 0.3 is 0 Å². The molecule has 2 aromatic rings. The van der Waals surface area contributed by atoms with Crippen molar-refractivity contribution < 1.29 is 18.7 Å². The molecule has 0 aromatic heterocycles. The standard InChI is InChI=1S/C15H11Cl2FN2O3/c16-8-1-4-13(11(17)5-8)23-7-14(21)20-9-2-3-12(18)10(6-9)15(19)22/h1-6H,7H2,(H2,19,22)(H,20,21). The van der Waals surface area contributed by atoms with Gasteiger partial charge < -0.3 is 15.8 Å². The van der Waals surface area contributed by atoms with Crippen LogP contribution in [-0.4, -0.2) is 18.4 Å². The van der Waals surface area contributed by atoms with Crippen molar-refractivity contribution in [3.63, 3.8) is 0 Å². The maximum absolute atomic E-state index is 13.3. The van der Waals surface area contributed by atoms with E-state index in [2.05, 4.69) is 5.32 Å². The first-order valence-corrected chi connectivity index (χ1v) is 7.09.